The second-order valence-corrected chi connectivity index (χ2v) is 6.73. The van der Waals surface area contributed by atoms with Crippen LogP contribution in [0.15, 0.2) is 0 Å². The smallest absolute Gasteiger partial charge is 0.0223 e. The predicted octanol–water partition coefficient (Wildman–Crippen LogP) is 2.87. The highest BCUT2D eigenvalue weighted by Gasteiger charge is 2.24. The highest BCUT2D eigenvalue weighted by molar-refractivity contribution is 4.80. The fraction of sp³-hybridized carbons (Fsp3) is 1.00. The maximum atomic E-state index is 5.95. The molecule has 0 aromatic heterocycles. The molecule has 0 aliphatic carbocycles. The summed E-state index contributed by atoms with van der Waals surface area (Å²) in [4.78, 5) is 2.63. The van der Waals surface area contributed by atoms with Crippen LogP contribution in [0.4, 0.5) is 0 Å². The van der Waals surface area contributed by atoms with E-state index in [0.29, 0.717) is 11.5 Å². The van der Waals surface area contributed by atoms with Crippen molar-refractivity contribution in [2.45, 2.75) is 59.4 Å². The molecule has 1 fully saturated rings. The molecule has 2 nitrogen and oxygen atoms in total. The molecule has 0 bridgehead atoms. The highest BCUT2D eigenvalue weighted by Crippen LogP contribution is 2.25. The molecular weight excluding hydrogens is 196 g/mol. The molecule has 96 valence electrons. The van der Waals surface area contributed by atoms with Crippen molar-refractivity contribution in [2.24, 2.45) is 17.1 Å². The summed E-state index contributed by atoms with van der Waals surface area (Å²) >= 11 is 0. The third-order valence-electron chi connectivity index (χ3n) is 3.69. The zero-order valence-corrected chi connectivity index (χ0v) is 11.6. The molecule has 2 unspecified atom stereocenters. The first-order valence-electron chi connectivity index (χ1n) is 6.86. The van der Waals surface area contributed by atoms with Gasteiger partial charge >= 0.3 is 0 Å². The van der Waals surface area contributed by atoms with Crippen molar-refractivity contribution in [3.63, 3.8) is 0 Å². The van der Waals surface area contributed by atoms with E-state index in [1.807, 2.05) is 0 Å². The van der Waals surface area contributed by atoms with Crippen LogP contribution in [0.1, 0.15) is 53.4 Å². The molecule has 1 saturated heterocycles. The van der Waals surface area contributed by atoms with E-state index in [4.69, 9.17) is 5.73 Å². The third kappa shape index (κ3) is 4.84. The van der Waals surface area contributed by atoms with E-state index in [-0.39, 0.29) is 0 Å². The highest BCUT2D eigenvalue weighted by atomic mass is 15.2. The Morgan fingerprint density at radius 3 is 2.50 bits per heavy atom. The fourth-order valence-corrected chi connectivity index (χ4v) is 2.72. The SMILES string of the molecule is CC1CCCN(C(CN)CC(C)(C)C)CC1. The predicted molar refractivity (Wildman–Crippen MR) is 71.5 cm³/mol. The fourth-order valence-electron chi connectivity index (χ4n) is 2.72. The molecular formula is C14H30N2. The first kappa shape index (κ1) is 14.0. The molecule has 0 aromatic carbocycles. The summed E-state index contributed by atoms with van der Waals surface area (Å²) in [5, 5.41) is 0. The maximum Gasteiger partial charge on any atom is 0.0223 e. The van der Waals surface area contributed by atoms with Crippen molar-refractivity contribution >= 4 is 0 Å². The quantitative estimate of drug-likeness (QED) is 0.802. The number of nitrogens with two attached hydrogens (primary N) is 1. The minimum Gasteiger partial charge on any atom is -0.329 e. The number of hydrogen-bond acceptors (Lipinski definition) is 2. The normalized spacial score (nSPS) is 26.4. The summed E-state index contributed by atoms with van der Waals surface area (Å²) < 4.78 is 0. The molecule has 1 aliphatic rings. The van der Waals surface area contributed by atoms with Crippen molar-refractivity contribution in [3.05, 3.63) is 0 Å². The Morgan fingerprint density at radius 2 is 1.94 bits per heavy atom. The summed E-state index contributed by atoms with van der Waals surface area (Å²) in [6, 6.07) is 0.588. The van der Waals surface area contributed by atoms with Crippen molar-refractivity contribution in [1.29, 1.82) is 0 Å². The molecule has 0 saturated carbocycles. The van der Waals surface area contributed by atoms with E-state index in [1.165, 1.54) is 38.8 Å². The van der Waals surface area contributed by atoms with Gasteiger partial charge < -0.3 is 5.73 Å². The van der Waals surface area contributed by atoms with Crippen molar-refractivity contribution in [1.82, 2.24) is 4.90 Å². The maximum absolute atomic E-state index is 5.95. The van der Waals surface area contributed by atoms with Gasteiger partial charge in [-0.1, -0.05) is 27.7 Å². The molecule has 1 rings (SSSR count). The molecule has 2 atom stereocenters. The Hall–Kier alpha value is -0.0800. The Morgan fingerprint density at radius 1 is 1.25 bits per heavy atom. The molecule has 0 spiro atoms. The molecule has 1 heterocycles. The Balaban J connectivity index is 2.51. The van der Waals surface area contributed by atoms with Crippen LogP contribution in [-0.2, 0) is 0 Å². The summed E-state index contributed by atoms with van der Waals surface area (Å²) in [6.45, 7) is 12.6. The zero-order chi connectivity index (χ0) is 12.2. The van der Waals surface area contributed by atoms with Crippen LogP contribution in [0.3, 0.4) is 0 Å². The van der Waals surface area contributed by atoms with Gasteiger partial charge in [0.1, 0.15) is 0 Å². The molecule has 0 radical (unpaired) electrons. The number of likely N-dealkylation sites (tertiary alicyclic amines) is 1. The van der Waals surface area contributed by atoms with Crippen LogP contribution >= 0.6 is 0 Å². The Bertz CT molecular complexity index is 195. The largest absolute Gasteiger partial charge is 0.329 e. The van der Waals surface area contributed by atoms with Gasteiger partial charge in [0.15, 0.2) is 0 Å². The lowest BCUT2D eigenvalue weighted by molar-refractivity contribution is 0.156. The lowest BCUT2D eigenvalue weighted by Crippen LogP contribution is -2.43. The first-order valence-corrected chi connectivity index (χ1v) is 6.86. The van der Waals surface area contributed by atoms with E-state index in [2.05, 4.69) is 32.6 Å². The van der Waals surface area contributed by atoms with E-state index >= 15 is 0 Å². The van der Waals surface area contributed by atoms with Crippen LogP contribution in [0.5, 0.6) is 0 Å². The molecule has 16 heavy (non-hydrogen) atoms. The minimum absolute atomic E-state index is 0.391. The molecule has 0 amide bonds. The van der Waals surface area contributed by atoms with Crippen LogP contribution in [0.25, 0.3) is 0 Å². The Kier molecular flexibility index (Phi) is 5.26. The summed E-state index contributed by atoms with van der Waals surface area (Å²) in [6.07, 6.45) is 5.31. The van der Waals surface area contributed by atoms with Gasteiger partial charge in [-0.15, -0.1) is 0 Å². The number of nitrogens with zero attached hydrogens (tertiary/aromatic N) is 1. The minimum atomic E-state index is 0.391. The number of rotatable bonds is 3. The summed E-state index contributed by atoms with van der Waals surface area (Å²) in [5.41, 5.74) is 6.35. The zero-order valence-electron chi connectivity index (χ0n) is 11.6. The molecule has 1 aliphatic heterocycles. The van der Waals surface area contributed by atoms with E-state index in [9.17, 15) is 0 Å². The monoisotopic (exact) mass is 226 g/mol. The topological polar surface area (TPSA) is 29.3 Å². The van der Waals surface area contributed by atoms with Gasteiger partial charge in [-0.2, -0.15) is 0 Å². The second kappa shape index (κ2) is 6.02. The third-order valence-corrected chi connectivity index (χ3v) is 3.69. The van der Waals surface area contributed by atoms with Gasteiger partial charge in [0.25, 0.3) is 0 Å². The lowest BCUT2D eigenvalue weighted by atomic mass is 9.87. The van der Waals surface area contributed by atoms with Crippen molar-refractivity contribution in [2.75, 3.05) is 19.6 Å². The van der Waals surface area contributed by atoms with E-state index in [0.717, 1.165) is 12.5 Å². The van der Waals surface area contributed by atoms with Crippen LogP contribution in [0.2, 0.25) is 0 Å². The van der Waals surface area contributed by atoms with Gasteiger partial charge in [0.2, 0.25) is 0 Å². The average molecular weight is 226 g/mol. The van der Waals surface area contributed by atoms with Crippen molar-refractivity contribution in [3.8, 4) is 0 Å². The van der Waals surface area contributed by atoms with Crippen LogP contribution < -0.4 is 5.73 Å². The molecule has 2 heteroatoms. The Labute approximate surface area is 102 Å². The summed E-state index contributed by atoms with van der Waals surface area (Å²) in [7, 11) is 0. The van der Waals surface area contributed by atoms with Gasteiger partial charge in [-0.05, 0) is 50.1 Å². The van der Waals surface area contributed by atoms with Gasteiger partial charge in [0, 0.05) is 12.6 Å². The van der Waals surface area contributed by atoms with Gasteiger partial charge in [-0.3, -0.25) is 4.90 Å². The molecule has 2 N–H and O–H groups in total. The first-order chi connectivity index (χ1) is 7.42. The van der Waals surface area contributed by atoms with E-state index in [1.54, 1.807) is 0 Å². The van der Waals surface area contributed by atoms with Gasteiger partial charge in [-0.25, -0.2) is 0 Å². The van der Waals surface area contributed by atoms with Gasteiger partial charge in [0.05, 0.1) is 0 Å². The van der Waals surface area contributed by atoms with Crippen LogP contribution in [0, 0.1) is 11.3 Å². The van der Waals surface area contributed by atoms with Crippen LogP contribution in [-0.4, -0.2) is 30.6 Å². The standard InChI is InChI=1S/C14H30N2/c1-12-6-5-8-16(9-7-12)13(11-15)10-14(2,3)4/h12-13H,5-11,15H2,1-4H3. The molecule has 0 aromatic rings. The summed E-state index contributed by atoms with van der Waals surface area (Å²) in [5.74, 6) is 0.901. The van der Waals surface area contributed by atoms with E-state index < -0.39 is 0 Å². The average Bonchev–Trinajstić information content (AvgIpc) is 2.38. The lowest BCUT2D eigenvalue weighted by Gasteiger charge is -2.34. The second-order valence-electron chi connectivity index (χ2n) is 6.73. The number of hydrogen-bond donors (Lipinski definition) is 1. The van der Waals surface area contributed by atoms with Crippen molar-refractivity contribution < 1.29 is 0 Å².